The van der Waals surface area contributed by atoms with Crippen LogP contribution in [0.4, 0.5) is 8.78 Å². The molecule has 0 unspecified atom stereocenters. The van der Waals surface area contributed by atoms with Gasteiger partial charge in [-0.3, -0.25) is 0 Å². The van der Waals surface area contributed by atoms with Crippen LogP contribution in [-0.4, -0.2) is 5.33 Å². The summed E-state index contributed by atoms with van der Waals surface area (Å²) in [7, 11) is 0. The summed E-state index contributed by atoms with van der Waals surface area (Å²) < 4.78 is 25.9. The molecule has 1 aromatic carbocycles. The van der Waals surface area contributed by atoms with Crippen molar-refractivity contribution < 1.29 is 8.78 Å². The Bertz CT molecular complexity index is 287. The molecule has 0 heterocycles. The van der Waals surface area contributed by atoms with E-state index in [1.165, 1.54) is 12.1 Å². The van der Waals surface area contributed by atoms with E-state index >= 15 is 0 Å². The van der Waals surface area contributed by atoms with Crippen LogP contribution in [0.5, 0.6) is 0 Å². The molecule has 14 heavy (non-hydrogen) atoms. The fourth-order valence-corrected chi connectivity index (χ4v) is 1.72. The normalized spacial score (nSPS) is 10.5. The van der Waals surface area contributed by atoms with Crippen LogP contribution in [0, 0.1) is 11.6 Å². The zero-order valence-electron chi connectivity index (χ0n) is 7.90. The number of hydrogen-bond acceptors (Lipinski definition) is 0. The van der Waals surface area contributed by atoms with E-state index in [-0.39, 0.29) is 11.6 Å². The summed E-state index contributed by atoms with van der Waals surface area (Å²) >= 11 is 3.33. The third-order valence-corrected chi connectivity index (χ3v) is 2.65. The fourth-order valence-electron chi connectivity index (χ4n) is 1.32. The van der Waals surface area contributed by atoms with E-state index in [0.717, 1.165) is 30.7 Å². The molecule has 0 aliphatic carbocycles. The van der Waals surface area contributed by atoms with Crippen LogP contribution >= 0.6 is 15.9 Å². The van der Waals surface area contributed by atoms with Crippen molar-refractivity contribution in [3.63, 3.8) is 0 Å². The van der Waals surface area contributed by atoms with Crippen molar-refractivity contribution in [3.8, 4) is 0 Å². The minimum absolute atomic E-state index is 0.301. The van der Waals surface area contributed by atoms with E-state index in [4.69, 9.17) is 0 Å². The maximum Gasteiger partial charge on any atom is 0.126 e. The number of rotatable bonds is 5. The minimum Gasteiger partial charge on any atom is -0.207 e. The van der Waals surface area contributed by atoms with Crippen molar-refractivity contribution in [1.82, 2.24) is 0 Å². The lowest BCUT2D eigenvalue weighted by Crippen LogP contribution is -1.92. The summed E-state index contributed by atoms with van der Waals surface area (Å²) in [6, 6.07) is 3.62. The van der Waals surface area contributed by atoms with Gasteiger partial charge in [0.05, 0.1) is 0 Å². The first-order valence-corrected chi connectivity index (χ1v) is 5.86. The molecule has 0 aliphatic rings. The number of unbranched alkanes of at least 4 members (excludes halogenated alkanes) is 2. The molecule has 0 saturated carbocycles. The Morgan fingerprint density at radius 2 is 1.86 bits per heavy atom. The van der Waals surface area contributed by atoms with Crippen LogP contribution in [0.25, 0.3) is 0 Å². The van der Waals surface area contributed by atoms with Gasteiger partial charge in [0.15, 0.2) is 0 Å². The Balaban J connectivity index is 2.45. The van der Waals surface area contributed by atoms with Crippen LogP contribution < -0.4 is 0 Å². The van der Waals surface area contributed by atoms with Gasteiger partial charge in [-0.15, -0.1) is 0 Å². The number of halogens is 3. The molecule has 0 aliphatic heterocycles. The summed E-state index contributed by atoms with van der Waals surface area (Å²) in [6.45, 7) is 0. The molecule has 1 rings (SSSR count). The average Bonchev–Trinajstić information content (AvgIpc) is 2.18. The standard InChI is InChI=1S/C11H13BrF2/c12-7-3-1-2-4-9-8-10(13)5-6-11(9)14/h5-6,8H,1-4,7H2. The Kier molecular flexibility index (Phi) is 5.09. The molecular weight excluding hydrogens is 250 g/mol. The third kappa shape index (κ3) is 3.74. The van der Waals surface area contributed by atoms with Gasteiger partial charge >= 0.3 is 0 Å². The second-order valence-corrected chi connectivity index (χ2v) is 4.03. The van der Waals surface area contributed by atoms with Gasteiger partial charge in [-0.25, -0.2) is 8.78 Å². The topological polar surface area (TPSA) is 0 Å². The summed E-state index contributed by atoms with van der Waals surface area (Å²) in [5.41, 5.74) is 0.486. The molecule has 0 bridgehead atoms. The van der Waals surface area contributed by atoms with Gasteiger partial charge in [0, 0.05) is 5.33 Å². The number of benzene rings is 1. The van der Waals surface area contributed by atoms with Crippen molar-refractivity contribution in [2.75, 3.05) is 5.33 Å². The molecule has 0 amide bonds. The predicted octanol–water partition coefficient (Wildman–Crippen LogP) is 4.07. The monoisotopic (exact) mass is 262 g/mol. The number of aryl methyl sites for hydroxylation is 1. The molecule has 78 valence electrons. The Morgan fingerprint density at radius 3 is 2.57 bits per heavy atom. The van der Waals surface area contributed by atoms with Gasteiger partial charge in [0.2, 0.25) is 0 Å². The lowest BCUT2D eigenvalue weighted by atomic mass is 10.1. The molecule has 0 saturated heterocycles. The van der Waals surface area contributed by atoms with E-state index in [9.17, 15) is 8.78 Å². The van der Waals surface area contributed by atoms with Gasteiger partial charge in [0.1, 0.15) is 11.6 Å². The van der Waals surface area contributed by atoms with Crippen molar-refractivity contribution in [2.45, 2.75) is 25.7 Å². The second-order valence-electron chi connectivity index (χ2n) is 3.24. The predicted molar refractivity (Wildman–Crippen MR) is 57.7 cm³/mol. The van der Waals surface area contributed by atoms with Crippen LogP contribution in [0.15, 0.2) is 18.2 Å². The zero-order chi connectivity index (χ0) is 10.4. The van der Waals surface area contributed by atoms with Crippen molar-refractivity contribution in [3.05, 3.63) is 35.4 Å². The Labute approximate surface area is 91.5 Å². The number of hydrogen-bond donors (Lipinski definition) is 0. The van der Waals surface area contributed by atoms with Gasteiger partial charge in [-0.05, 0) is 43.0 Å². The first-order valence-electron chi connectivity index (χ1n) is 4.74. The van der Waals surface area contributed by atoms with Crippen LogP contribution in [0.2, 0.25) is 0 Å². The molecule has 1 aromatic rings. The highest BCUT2D eigenvalue weighted by Gasteiger charge is 2.02. The molecular formula is C11H13BrF2. The van der Waals surface area contributed by atoms with Gasteiger partial charge in [0.25, 0.3) is 0 Å². The van der Waals surface area contributed by atoms with Crippen molar-refractivity contribution in [1.29, 1.82) is 0 Å². The first kappa shape index (κ1) is 11.6. The third-order valence-electron chi connectivity index (χ3n) is 2.09. The van der Waals surface area contributed by atoms with Crippen molar-refractivity contribution in [2.24, 2.45) is 0 Å². The van der Waals surface area contributed by atoms with E-state index < -0.39 is 0 Å². The minimum atomic E-state index is -0.359. The molecule has 0 nitrogen and oxygen atoms in total. The van der Waals surface area contributed by atoms with E-state index in [0.29, 0.717) is 12.0 Å². The molecule has 3 heteroatoms. The Hall–Kier alpha value is -0.440. The maximum atomic E-state index is 13.1. The largest absolute Gasteiger partial charge is 0.207 e. The van der Waals surface area contributed by atoms with Crippen LogP contribution in [0.1, 0.15) is 24.8 Å². The van der Waals surface area contributed by atoms with Crippen LogP contribution in [0.3, 0.4) is 0 Å². The average molecular weight is 263 g/mol. The molecule has 0 N–H and O–H groups in total. The highest BCUT2D eigenvalue weighted by Crippen LogP contribution is 2.13. The first-order chi connectivity index (χ1) is 6.74. The second kappa shape index (κ2) is 6.12. The quantitative estimate of drug-likeness (QED) is 0.554. The molecule has 0 spiro atoms. The summed E-state index contributed by atoms with van der Waals surface area (Å²) in [5.74, 6) is -0.660. The smallest absolute Gasteiger partial charge is 0.126 e. The Morgan fingerprint density at radius 1 is 1.07 bits per heavy atom. The zero-order valence-corrected chi connectivity index (χ0v) is 9.49. The number of alkyl halides is 1. The van der Waals surface area contributed by atoms with Gasteiger partial charge in [-0.1, -0.05) is 22.4 Å². The SMILES string of the molecule is Fc1ccc(F)c(CCCCCBr)c1. The van der Waals surface area contributed by atoms with Gasteiger partial charge < -0.3 is 0 Å². The molecule has 0 atom stereocenters. The summed E-state index contributed by atoms with van der Waals surface area (Å²) in [4.78, 5) is 0. The molecule has 0 fully saturated rings. The molecule has 0 aromatic heterocycles. The van der Waals surface area contributed by atoms with E-state index in [1.54, 1.807) is 0 Å². The maximum absolute atomic E-state index is 13.1. The van der Waals surface area contributed by atoms with E-state index in [2.05, 4.69) is 15.9 Å². The lowest BCUT2D eigenvalue weighted by Gasteiger charge is -2.02. The fraction of sp³-hybridized carbons (Fsp3) is 0.455. The van der Waals surface area contributed by atoms with Crippen molar-refractivity contribution >= 4 is 15.9 Å². The van der Waals surface area contributed by atoms with Crippen LogP contribution in [-0.2, 0) is 6.42 Å². The lowest BCUT2D eigenvalue weighted by molar-refractivity contribution is 0.577. The van der Waals surface area contributed by atoms with Gasteiger partial charge in [-0.2, -0.15) is 0 Å². The van der Waals surface area contributed by atoms with E-state index in [1.807, 2.05) is 0 Å². The highest BCUT2D eigenvalue weighted by atomic mass is 79.9. The summed E-state index contributed by atoms with van der Waals surface area (Å²) in [6.07, 6.45) is 3.65. The molecule has 0 radical (unpaired) electrons. The highest BCUT2D eigenvalue weighted by molar-refractivity contribution is 9.09. The summed E-state index contributed by atoms with van der Waals surface area (Å²) in [5, 5.41) is 0.971.